The van der Waals surface area contributed by atoms with Gasteiger partial charge in [0.1, 0.15) is 5.75 Å². The Kier molecular flexibility index (Phi) is 6.90. The minimum absolute atomic E-state index is 0.0738. The SMILES string of the molecule is COc1ccc(NS(=O)(=O)c2cccc(NC(=O)CCCc3cccs3)c2)cc1. The predicted octanol–water partition coefficient (Wildman–Crippen LogP) is 4.52. The van der Waals surface area contributed by atoms with Gasteiger partial charge in [0.2, 0.25) is 5.91 Å². The second-order valence-electron chi connectivity index (χ2n) is 6.34. The summed E-state index contributed by atoms with van der Waals surface area (Å²) in [4.78, 5) is 13.5. The fraction of sp³-hybridized carbons (Fsp3) is 0.190. The molecule has 29 heavy (non-hydrogen) atoms. The van der Waals surface area contributed by atoms with Crippen LogP contribution in [0.25, 0.3) is 0 Å². The van der Waals surface area contributed by atoms with Gasteiger partial charge in [-0.2, -0.15) is 0 Å². The molecule has 6 nitrogen and oxygen atoms in total. The lowest BCUT2D eigenvalue weighted by atomic mass is 10.2. The van der Waals surface area contributed by atoms with Crippen LogP contribution in [0.3, 0.4) is 0 Å². The van der Waals surface area contributed by atoms with Gasteiger partial charge in [-0.1, -0.05) is 12.1 Å². The van der Waals surface area contributed by atoms with Crippen molar-refractivity contribution in [2.45, 2.75) is 24.2 Å². The number of carbonyl (C=O) groups is 1. The molecule has 0 aliphatic heterocycles. The average molecular weight is 431 g/mol. The van der Waals surface area contributed by atoms with Gasteiger partial charge in [0.15, 0.2) is 0 Å². The number of sulfonamides is 1. The predicted molar refractivity (Wildman–Crippen MR) is 116 cm³/mol. The van der Waals surface area contributed by atoms with Crippen molar-refractivity contribution in [3.63, 3.8) is 0 Å². The highest BCUT2D eigenvalue weighted by Crippen LogP contribution is 2.21. The molecule has 3 rings (SSSR count). The van der Waals surface area contributed by atoms with Crippen molar-refractivity contribution < 1.29 is 17.9 Å². The zero-order valence-electron chi connectivity index (χ0n) is 15.9. The van der Waals surface area contributed by atoms with E-state index in [4.69, 9.17) is 4.74 Å². The third-order valence-corrected chi connectivity index (χ3v) is 6.49. The van der Waals surface area contributed by atoms with E-state index in [1.807, 2.05) is 17.5 Å². The van der Waals surface area contributed by atoms with Crippen LogP contribution in [0.2, 0.25) is 0 Å². The molecule has 1 heterocycles. The van der Waals surface area contributed by atoms with Crippen LogP contribution in [-0.2, 0) is 21.2 Å². The number of aryl methyl sites for hydroxylation is 1. The molecule has 0 spiro atoms. The molecule has 0 unspecified atom stereocenters. The number of anilines is 2. The first-order chi connectivity index (χ1) is 14.0. The first-order valence-corrected chi connectivity index (χ1v) is 11.4. The quantitative estimate of drug-likeness (QED) is 0.523. The normalized spacial score (nSPS) is 11.1. The Balaban J connectivity index is 1.60. The zero-order chi connectivity index (χ0) is 20.7. The van der Waals surface area contributed by atoms with Crippen LogP contribution in [0.5, 0.6) is 5.75 Å². The molecule has 8 heteroatoms. The fourth-order valence-corrected chi connectivity index (χ4v) is 4.57. The number of ether oxygens (including phenoxy) is 1. The Morgan fingerprint density at radius 1 is 1.03 bits per heavy atom. The fourth-order valence-electron chi connectivity index (χ4n) is 2.72. The Morgan fingerprint density at radius 3 is 2.52 bits per heavy atom. The summed E-state index contributed by atoms with van der Waals surface area (Å²) < 4.78 is 32.9. The molecule has 0 saturated heterocycles. The van der Waals surface area contributed by atoms with Crippen molar-refractivity contribution >= 4 is 38.6 Å². The lowest BCUT2D eigenvalue weighted by Crippen LogP contribution is -2.15. The number of hydrogen-bond acceptors (Lipinski definition) is 5. The summed E-state index contributed by atoms with van der Waals surface area (Å²) in [6.07, 6.45) is 1.97. The maximum Gasteiger partial charge on any atom is 0.261 e. The van der Waals surface area contributed by atoms with Crippen molar-refractivity contribution in [3.05, 3.63) is 70.9 Å². The third-order valence-electron chi connectivity index (χ3n) is 4.18. The molecule has 152 valence electrons. The van der Waals surface area contributed by atoms with E-state index in [2.05, 4.69) is 10.0 Å². The Morgan fingerprint density at radius 2 is 1.83 bits per heavy atom. The van der Waals surface area contributed by atoms with Gasteiger partial charge < -0.3 is 10.1 Å². The summed E-state index contributed by atoms with van der Waals surface area (Å²) >= 11 is 1.67. The summed E-state index contributed by atoms with van der Waals surface area (Å²) in [6, 6.07) is 16.8. The molecular weight excluding hydrogens is 408 g/mol. The van der Waals surface area contributed by atoms with E-state index in [1.54, 1.807) is 54.8 Å². The van der Waals surface area contributed by atoms with Gasteiger partial charge >= 0.3 is 0 Å². The molecule has 1 amide bonds. The lowest BCUT2D eigenvalue weighted by molar-refractivity contribution is -0.116. The summed E-state index contributed by atoms with van der Waals surface area (Å²) in [5.41, 5.74) is 0.873. The van der Waals surface area contributed by atoms with E-state index < -0.39 is 10.0 Å². The number of carbonyl (C=O) groups excluding carboxylic acids is 1. The van der Waals surface area contributed by atoms with Gasteiger partial charge in [-0.05, 0) is 66.8 Å². The van der Waals surface area contributed by atoms with Crippen LogP contribution in [-0.4, -0.2) is 21.4 Å². The Labute approximate surface area is 174 Å². The number of nitrogens with one attached hydrogen (secondary N) is 2. The number of methoxy groups -OCH3 is 1. The number of benzene rings is 2. The molecule has 0 bridgehead atoms. The Bertz CT molecular complexity index is 1050. The number of hydrogen-bond donors (Lipinski definition) is 2. The minimum Gasteiger partial charge on any atom is -0.497 e. The van der Waals surface area contributed by atoms with Gasteiger partial charge in [0, 0.05) is 22.7 Å². The van der Waals surface area contributed by atoms with E-state index in [9.17, 15) is 13.2 Å². The van der Waals surface area contributed by atoms with Gasteiger partial charge in [-0.3, -0.25) is 9.52 Å². The summed E-state index contributed by atoms with van der Waals surface area (Å²) in [7, 11) is -2.24. The molecule has 0 aliphatic rings. The average Bonchev–Trinajstić information content (AvgIpc) is 3.22. The van der Waals surface area contributed by atoms with Gasteiger partial charge in [0.25, 0.3) is 10.0 Å². The highest BCUT2D eigenvalue weighted by Gasteiger charge is 2.15. The third kappa shape index (κ3) is 6.07. The van der Waals surface area contributed by atoms with E-state index >= 15 is 0 Å². The highest BCUT2D eigenvalue weighted by molar-refractivity contribution is 7.92. The standard InChI is InChI=1S/C21H22N2O4S2/c1-27-18-12-10-16(11-13-18)23-29(25,26)20-8-2-5-17(15-20)22-21(24)9-3-6-19-7-4-14-28-19/h2,4-5,7-8,10-15,23H,3,6,9H2,1H3,(H,22,24). The number of rotatable bonds is 9. The smallest absolute Gasteiger partial charge is 0.261 e. The van der Waals surface area contributed by atoms with Crippen molar-refractivity contribution in [1.82, 2.24) is 0 Å². The van der Waals surface area contributed by atoms with E-state index in [0.717, 1.165) is 12.8 Å². The van der Waals surface area contributed by atoms with Crippen molar-refractivity contribution in [2.75, 3.05) is 17.1 Å². The molecule has 0 radical (unpaired) electrons. The maximum atomic E-state index is 12.6. The molecule has 1 aromatic heterocycles. The van der Waals surface area contributed by atoms with Crippen molar-refractivity contribution in [3.8, 4) is 5.75 Å². The second-order valence-corrected chi connectivity index (χ2v) is 9.06. The summed E-state index contributed by atoms with van der Waals surface area (Å²) in [5, 5.41) is 4.78. The van der Waals surface area contributed by atoms with Crippen LogP contribution < -0.4 is 14.8 Å². The van der Waals surface area contributed by atoms with Gasteiger partial charge in [-0.25, -0.2) is 8.42 Å². The Hall–Kier alpha value is -2.84. The first kappa shape index (κ1) is 20.9. The molecule has 0 atom stereocenters. The molecule has 2 N–H and O–H groups in total. The summed E-state index contributed by atoms with van der Waals surface area (Å²) in [5.74, 6) is 0.496. The van der Waals surface area contributed by atoms with Crippen molar-refractivity contribution in [1.29, 1.82) is 0 Å². The molecule has 3 aromatic rings. The molecule has 2 aromatic carbocycles. The number of thiophene rings is 1. The van der Waals surface area contributed by atoms with Crippen LogP contribution in [0.4, 0.5) is 11.4 Å². The van der Waals surface area contributed by atoms with E-state index in [1.165, 1.54) is 17.0 Å². The highest BCUT2D eigenvalue weighted by atomic mass is 32.2. The number of amides is 1. The molecular formula is C21H22N2O4S2. The van der Waals surface area contributed by atoms with Crippen LogP contribution >= 0.6 is 11.3 Å². The zero-order valence-corrected chi connectivity index (χ0v) is 17.6. The lowest BCUT2D eigenvalue weighted by Gasteiger charge is -2.11. The van der Waals surface area contributed by atoms with Crippen LogP contribution in [0, 0.1) is 0 Å². The monoisotopic (exact) mass is 430 g/mol. The topological polar surface area (TPSA) is 84.5 Å². The largest absolute Gasteiger partial charge is 0.497 e. The van der Waals surface area contributed by atoms with Crippen LogP contribution in [0.15, 0.2) is 70.9 Å². The second kappa shape index (κ2) is 9.58. The van der Waals surface area contributed by atoms with Crippen LogP contribution in [0.1, 0.15) is 17.7 Å². The molecule has 0 fully saturated rings. The van der Waals surface area contributed by atoms with Crippen molar-refractivity contribution in [2.24, 2.45) is 0 Å². The minimum atomic E-state index is -3.78. The van der Waals surface area contributed by atoms with Gasteiger partial charge in [-0.15, -0.1) is 11.3 Å². The van der Waals surface area contributed by atoms with E-state index in [0.29, 0.717) is 23.5 Å². The maximum absolute atomic E-state index is 12.6. The molecule has 0 aliphatic carbocycles. The summed E-state index contributed by atoms with van der Waals surface area (Å²) in [6.45, 7) is 0. The van der Waals surface area contributed by atoms with Gasteiger partial charge in [0.05, 0.1) is 12.0 Å². The first-order valence-electron chi connectivity index (χ1n) is 9.05. The van der Waals surface area contributed by atoms with E-state index in [-0.39, 0.29) is 10.8 Å². The molecule has 0 saturated carbocycles.